The van der Waals surface area contributed by atoms with Crippen LogP contribution < -0.4 is 15.9 Å². The van der Waals surface area contributed by atoms with E-state index >= 15 is 0 Å². The Labute approximate surface area is 87.7 Å². The largest absolute Gasteiger partial charge is 0.574 e. The number of alkyl halides is 3. The molecular formula is C8H9F3N2O3. The van der Waals surface area contributed by atoms with Crippen LogP contribution in [0.25, 0.3) is 0 Å². The van der Waals surface area contributed by atoms with E-state index in [0.29, 0.717) is 0 Å². The van der Waals surface area contributed by atoms with Crippen molar-refractivity contribution in [3.05, 3.63) is 27.5 Å². The van der Waals surface area contributed by atoms with Crippen molar-refractivity contribution in [1.29, 1.82) is 0 Å². The summed E-state index contributed by atoms with van der Waals surface area (Å²) in [5.41, 5.74) is 4.01. The van der Waals surface area contributed by atoms with Gasteiger partial charge in [0.25, 0.3) is 0 Å². The van der Waals surface area contributed by atoms with E-state index in [2.05, 4.69) is 9.72 Å². The number of hydrogen-bond donors (Lipinski definition) is 3. The van der Waals surface area contributed by atoms with Gasteiger partial charge in [0.15, 0.2) is 5.43 Å². The zero-order chi connectivity index (χ0) is 12.3. The van der Waals surface area contributed by atoms with Crippen LogP contribution in [0, 0.1) is 0 Å². The van der Waals surface area contributed by atoms with Gasteiger partial charge in [0.05, 0.1) is 12.2 Å². The molecule has 0 aromatic carbocycles. The lowest BCUT2D eigenvalue weighted by Gasteiger charge is -2.12. The van der Waals surface area contributed by atoms with Gasteiger partial charge in [-0.25, -0.2) is 0 Å². The molecule has 0 aliphatic rings. The minimum atomic E-state index is -4.93. The van der Waals surface area contributed by atoms with Crippen LogP contribution in [0.1, 0.15) is 11.3 Å². The molecule has 0 amide bonds. The van der Waals surface area contributed by atoms with Gasteiger partial charge >= 0.3 is 6.36 Å². The van der Waals surface area contributed by atoms with Gasteiger partial charge in [0, 0.05) is 18.3 Å². The molecule has 0 radical (unpaired) electrons. The van der Waals surface area contributed by atoms with Gasteiger partial charge in [-0.05, 0) is 0 Å². The van der Waals surface area contributed by atoms with Crippen molar-refractivity contribution in [3.63, 3.8) is 0 Å². The molecule has 1 aromatic heterocycles. The first-order chi connectivity index (χ1) is 7.37. The summed E-state index contributed by atoms with van der Waals surface area (Å²) in [4.78, 5) is 13.4. The highest BCUT2D eigenvalue weighted by molar-refractivity contribution is 5.28. The molecule has 1 aromatic rings. The lowest BCUT2D eigenvalue weighted by molar-refractivity contribution is -0.276. The van der Waals surface area contributed by atoms with Crippen molar-refractivity contribution in [2.45, 2.75) is 19.5 Å². The Morgan fingerprint density at radius 1 is 1.50 bits per heavy atom. The lowest BCUT2D eigenvalue weighted by atomic mass is 10.2. The number of nitrogens with two attached hydrogens (primary N) is 1. The molecule has 0 saturated carbocycles. The van der Waals surface area contributed by atoms with E-state index in [4.69, 9.17) is 10.8 Å². The predicted molar refractivity (Wildman–Crippen MR) is 47.6 cm³/mol. The van der Waals surface area contributed by atoms with Crippen molar-refractivity contribution in [2.75, 3.05) is 0 Å². The Balaban J connectivity index is 3.23. The standard InChI is InChI=1S/C8H9F3N2O3/c9-8(10,11)16-7-5(2-12)6(15)1-4(3-14)13-7/h1,14H,2-3,12H2,(H,13,15). The minimum Gasteiger partial charge on any atom is -0.390 e. The summed E-state index contributed by atoms with van der Waals surface area (Å²) in [6, 6.07) is 0.964. The molecule has 4 N–H and O–H groups in total. The van der Waals surface area contributed by atoms with E-state index < -0.39 is 30.8 Å². The summed E-state index contributed by atoms with van der Waals surface area (Å²) in [5, 5.41) is 8.71. The maximum Gasteiger partial charge on any atom is 0.574 e. The maximum atomic E-state index is 12.0. The molecule has 0 bridgehead atoms. The monoisotopic (exact) mass is 238 g/mol. The molecule has 8 heteroatoms. The summed E-state index contributed by atoms with van der Waals surface area (Å²) in [6.07, 6.45) is -4.93. The van der Waals surface area contributed by atoms with Crippen molar-refractivity contribution in [2.24, 2.45) is 5.73 Å². The van der Waals surface area contributed by atoms with E-state index in [1.54, 1.807) is 0 Å². The van der Waals surface area contributed by atoms with Gasteiger partial charge in [0.2, 0.25) is 5.88 Å². The zero-order valence-electron chi connectivity index (χ0n) is 7.97. The van der Waals surface area contributed by atoms with Gasteiger partial charge in [0.1, 0.15) is 0 Å². The van der Waals surface area contributed by atoms with Gasteiger partial charge in [-0.15, -0.1) is 13.2 Å². The number of pyridine rings is 1. The fourth-order valence-corrected chi connectivity index (χ4v) is 1.10. The fraction of sp³-hybridized carbons (Fsp3) is 0.375. The number of hydrogen-bond acceptors (Lipinski definition) is 4. The Morgan fingerprint density at radius 3 is 2.56 bits per heavy atom. The average Bonchev–Trinajstić information content (AvgIpc) is 2.14. The molecular weight excluding hydrogens is 229 g/mol. The average molecular weight is 238 g/mol. The third kappa shape index (κ3) is 2.97. The highest BCUT2D eigenvalue weighted by atomic mass is 19.4. The molecule has 0 atom stereocenters. The van der Waals surface area contributed by atoms with Gasteiger partial charge < -0.3 is 20.6 Å². The van der Waals surface area contributed by atoms with Crippen LogP contribution in [0.4, 0.5) is 13.2 Å². The van der Waals surface area contributed by atoms with E-state index in [1.165, 1.54) is 0 Å². The van der Waals surface area contributed by atoms with Crippen LogP contribution >= 0.6 is 0 Å². The number of rotatable bonds is 3. The molecule has 0 aliphatic carbocycles. The number of nitrogens with one attached hydrogen (secondary N) is 1. The Morgan fingerprint density at radius 2 is 2.12 bits per heavy atom. The van der Waals surface area contributed by atoms with E-state index in [-0.39, 0.29) is 11.3 Å². The molecule has 0 fully saturated rings. The molecule has 0 saturated heterocycles. The van der Waals surface area contributed by atoms with Crippen molar-refractivity contribution in [1.82, 2.24) is 4.98 Å². The van der Waals surface area contributed by atoms with Gasteiger partial charge in [-0.3, -0.25) is 4.79 Å². The normalized spacial score (nSPS) is 11.6. The van der Waals surface area contributed by atoms with Crippen molar-refractivity contribution >= 4 is 0 Å². The molecule has 0 spiro atoms. The van der Waals surface area contributed by atoms with Crippen molar-refractivity contribution < 1.29 is 23.0 Å². The smallest absolute Gasteiger partial charge is 0.390 e. The van der Waals surface area contributed by atoms with E-state index in [0.717, 1.165) is 6.07 Å². The quantitative estimate of drug-likeness (QED) is 0.703. The van der Waals surface area contributed by atoms with E-state index in [1.807, 2.05) is 0 Å². The third-order valence-corrected chi connectivity index (χ3v) is 1.74. The summed E-state index contributed by atoms with van der Waals surface area (Å²) < 4.78 is 39.5. The highest BCUT2D eigenvalue weighted by Gasteiger charge is 2.33. The molecule has 1 rings (SSSR count). The van der Waals surface area contributed by atoms with Crippen molar-refractivity contribution in [3.8, 4) is 5.88 Å². The molecule has 90 valence electrons. The first-order valence-corrected chi connectivity index (χ1v) is 4.19. The summed E-state index contributed by atoms with van der Waals surface area (Å²) in [7, 11) is 0. The zero-order valence-corrected chi connectivity index (χ0v) is 7.97. The van der Waals surface area contributed by atoms with Gasteiger partial charge in [-0.2, -0.15) is 0 Å². The topological polar surface area (TPSA) is 88.3 Å². The van der Waals surface area contributed by atoms with Crippen LogP contribution in [0.3, 0.4) is 0 Å². The molecule has 0 aliphatic heterocycles. The number of ether oxygens (including phenoxy) is 1. The summed E-state index contributed by atoms with van der Waals surface area (Å²) in [6.45, 7) is -0.999. The molecule has 5 nitrogen and oxygen atoms in total. The summed E-state index contributed by atoms with van der Waals surface area (Å²) >= 11 is 0. The first-order valence-electron chi connectivity index (χ1n) is 4.19. The molecule has 16 heavy (non-hydrogen) atoms. The number of aromatic nitrogens is 1. The SMILES string of the molecule is NCc1c(OC(F)(F)F)[nH]c(CO)cc1=O. The molecule has 1 heterocycles. The number of aliphatic hydroxyl groups excluding tert-OH is 1. The number of halogens is 3. The second-order valence-electron chi connectivity index (χ2n) is 2.88. The Kier molecular flexibility index (Phi) is 3.55. The lowest BCUT2D eigenvalue weighted by Crippen LogP contribution is -2.24. The van der Waals surface area contributed by atoms with Crippen LogP contribution in [0.2, 0.25) is 0 Å². The van der Waals surface area contributed by atoms with Crippen LogP contribution in [0.15, 0.2) is 10.9 Å². The van der Waals surface area contributed by atoms with Crippen LogP contribution in [-0.2, 0) is 13.2 Å². The fourth-order valence-electron chi connectivity index (χ4n) is 1.10. The summed E-state index contributed by atoms with van der Waals surface area (Å²) in [5.74, 6) is -0.786. The predicted octanol–water partition coefficient (Wildman–Crippen LogP) is 0.224. The van der Waals surface area contributed by atoms with Crippen LogP contribution in [-0.4, -0.2) is 16.5 Å². The second kappa shape index (κ2) is 4.54. The minimum absolute atomic E-state index is 0.0820. The van der Waals surface area contributed by atoms with Crippen LogP contribution in [0.5, 0.6) is 5.88 Å². The number of aliphatic hydroxyl groups is 1. The number of aromatic amines is 1. The maximum absolute atomic E-state index is 12.0. The Hall–Kier alpha value is -1.54. The van der Waals surface area contributed by atoms with E-state index in [9.17, 15) is 18.0 Å². The second-order valence-corrected chi connectivity index (χ2v) is 2.88. The number of H-pyrrole nitrogens is 1. The Bertz CT molecular complexity index is 428. The first kappa shape index (κ1) is 12.5. The third-order valence-electron chi connectivity index (χ3n) is 1.74. The van der Waals surface area contributed by atoms with Gasteiger partial charge in [-0.1, -0.05) is 0 Å². The molecule has 0 unspecified atom stereocenters. The highest BCUT2D eigenvalue weighted by Crippen LogP contribution is 2.22.